The summed E-state index contributed by atoms with van der Waals surface area (Å²) in [6.07, 6.45) is 44.5. The van der Waals surface area contributed by atoms with Crippen LogP contribution in [0.2, 0.25) is 0 Å². The summed E-state index contributed by atoms with van der Waals surface area (Å²) >= 11 is 0. The molecule has 0 aliphatic carbocycles. The van der Waals surface area contributed by atoms with Crippen molar-refractivity contribution in [1.82, 2.24) is 0 Å². The Morgan fingerprint density at radius 2 is 0.527 bits per heavy atom. The standard InChI is InChI=1S/C72H140O17P2/c1-9-65(8)51-43-35-27-19-14-12-10-11-13-15-20-28-38-46-54-71(76)88-67(58-82-69(74)52-44-36-30-22-25-33-41-49-63(4)5)60-86-90(78,79)84-56-66(73)57-85-91(80,81)87-61-68(59-83-70(75)53-45-37-31-23-26-34-42-50-64(6)7)89-72(77)55-47-39-29-21-17-16-18-24-32-40-48-62(2)3/h62-68,73H,9-61H2,1-8H3,(H,78,79)(H,80,81)/t65?,66?,67-,68-/m1/s1. The third-order valence-corrected chi connectivity index (χ3v) is 18.8. The molecule has 91 heavy (non-hydrogen) atoms. The van der Waals surface area contributed by atoms with Crippen molar-refractivity contribution in [1.29, 1.82) is 0 Å². The van der Waals surface area contributed by atoms with Gasteiger partial charge in [0.1, 0.15) is 19.3 Å². The van der Waals surface area contributed by atoms with Crippen molar-refractivity contribution in [2.45, 2.75) is 375 Å². The monoisotopic (exact) mass is 1340 g/mol. The lowest BCUT2D eigenvalue weighted by atomic mass is 9.99. The van der Waals surface area contributed by atoms with E-state index in [1.807, 2.05) is 0 Å². The van der Waals surface area contributed by atoms with Crippen LogP contribution in [0.15, 0.2) is 0 Å². The molecular formula is C72H140O17P2. The zero-order chi connectivity index (χ0) is 67.5. The van der Waals surface area contributed by atoms with Gasteiger partial charge < -0.3 is 33.8 Å². The van der Waals surface area contributed by atoms with Crippen molar-refractivity contribution in [2.75, 3.05) is 39.6 Å². The van der Waals surface area contributed by atoms with Gasteiger partial charge in [-0.05, 0) is 49.4 Å². The highest BCUT2D eigenvalue weighted by Gasteiger charge is 2.30. The molecule has 0 aromatic carbocycles. The zero-order valence-electron chi connectivity index (χ0n) is 59.5. The first-order chi connectivity index (χ1) is 43.6. The molecule has 19 heteroatoms. The number of hydrogen-bond acceptors (Lipinski definition) is 15. The molecular weight excluding hydrogens is 1200 g/mol. The summed E-state index contributed by atoms with van der Waals surface area (Å²) in [6, 6.07) is 0. The van der Waals surface area contributed by atoms with Crippen molar-refractivity contribution >= 4 is 39.5 Å². The molecule has 3 N–H and O–H groups in total. The summed E-state index contributed by atoms with van der Waals surface area (Å²) < 4.78 is 68.3. The van der Waals surface area contributed by atoms with Crippen LogP contribution >= 0.6 is 15.6 Å². The maximum absolute atomic E-state index is 13.0. The maximum Gasteiger partial charge on any atom is 0.472 e. The summed E-state index contributed by atoms with van der Waals surface area (Å²) in [7, 11) is -9.91. The fraction of sp³-hybridized carbons (Fsp3) is 0.944. The van der Waals surface area contributed by atoms with Crippen LogP contribution in [-0.2, 0) is 65.4 Å². The summed E-state index contributed by atoms with van der Waals surface area (Å²) in [6.45, 7) is 14.1. The second-order valence-corrected chi connectivity index (χ2v) is 30.6. The van der Waals surface area contributed by atoms with E-state index in [0.29, 0.717) is 37.5 Å². The number of aliphatic hydroxyl groups excluding tert-OH is 1. The average Bonchev–Trinajstić information content (AvgIpc) is 3.71. The molecule has 0 fully saturated rings. The van der Waals surface area contributed by atoms with E-state index < -0.39 is 97.5 Å². The minimum Gasteiger partial charge on any atom is -0.462 e. The Balaban J connectivity index is 5.22. The number of hydrogen-bond donors (Lipinski definition) is 3. The molecule has 0 aromatic rings. The number of phosphoric acid groups is 2. The van der Waals surface area contributed by atoms with Gasteiger partial charge in [0.15, 0.2) is 12.2 Å². The molecule has 0 amide bonds. The van der Waals surface area contributed by atoms with Gasteiger partial charge in [-0.3, -0.25) is 37.3 Å². The van der Waals surface area contributed by atoms with E-state index in [9.17, 15) is 43.2 Å². The van der Waals surface area contributed by atoms with Crippen LogP contribution in [0.25, 0.3) is 0 Å². The van der Waals surface area contributed by atoms with Crippen LogP contribution in [0.1, 0.15) is 357 Å². The molecule has 540 valence electrons. The minimum absolute atomic E-state index is 0.105. The SMILES string of the molecule is CCC(C)CCCCCCCCCCCCCCCCC(=O)O[C@H](COC(=O)CCCCCCCCCC(C)C)COP(=O)(O)OCC(O)COP(=O)(O)OC[C@@H](COC(=O)CCCCCCCCCC(C)C)OC(=O)CCCCCCCCCCCCC(C)C. The lowest BCUT2D eigenvalue weighted by Gasteiger charge is -2.21. The molecule has 0 aliphatic heterocycles. The molecule has 6 atom stereocenters. The first-order valence-electron chi connectivity index (χ1n) is 37.2. The van der Waals surface area contributed by atoms with Gasteiger partial charge in [0, 0.05) is 25.7 Å². The molecule has 0 saturated carbocycles. The average molecular weight is 1340 g/mol. The molecule has 17 nitrogen and oxygen atoms in total. The molecule has 0 saturated heterocycles. The van der Waals surface area contributed by atoms with Gasteiger partial charge >= 0.3 is 39.5 Å². The van der Waals surface area contributed by atoms with Crippen molar-refractivity contribution in [2.24, 2.45) is 23.7 Å². The normalized spacial score (nSPS) is 14.5. The van der Waals surface area contributed by atoms with Gasteiger partial charge in [-0.2, -0.15) is 0 Å². The first-order valence-corrected chi connectivity index (χ1v) is 40.2. The molecule has 0 radical (unpaired) electrons. The molecule has 0 aromatic heterocycles. The quantitative estimate of drug-likeness (QED) is 0.0222. The van der Waals surface area contributed by atoms with Crippen molar-refractivity contribution in [3.63, 3.8) is 0 Å². The smallest absolute Gasteiger partial charge is 0.462 e. The van der Waals surface area contributed by atoms with Crippen molar-refractivity contribution < 1.29 is 80.2 Å². The Morgan fingerprint density at radius 1 is 0.308 bits per heavy atom. The second-order valence-electron chi connectivity index (χ2n) is 27.6. The van der Waals surface area contributed by atoms with Crippen LogP contribution in [0.4, 0.5) is 0 Å². The highest BCUT2D eigenvalue weighted by Crippen LogP contribution is 2.45. The molecule has 0 spiro atoms. The van der Waals surface area contributed by atoms with Gasteiger partial charge in [-0.25, -0.2) is 9.13 Å². The Kier molecular flexibility index (Phi) is 60.3. The van der Waals surface area contributed by atoms with Crippen LogP contribution in [0.5, 0.6) is 0 Å². The minimum atomic E-state index is -4.95. The van der Waals surface area contributed by atoms with Crippen LogP contribution < -0.4 is 0 Å². The Labute approximate surface area is 556 Å². The Morgan fingerprint density at radius 3 is 0.780 bits per heavy atom. The maximum atomic E-state index is 13.0. The predicted molar refractivity (Wildman–Crippen MR) is 367 cm³/mol. The number of phosphoric ester groups is 2. The van der Waals surface area contributed by atoms with E-state index in [2.05, 4.69) is 55.4 Å². The number of esters is 4. The van der Waals surface area contributed by atoms with Gasteiger partial charge in [-0.15, -0.1) is 0 Å². The fourth-order valence-electron chi connectivity index (χ4n) is 10.8. The number of carbonyl (C=O) groups is 4. The topological polar surface area (TPSA) is 237 Å². The molecule has 0 heterocycles. The number of ether oxygens (including phenoxy) is 4. The highest BCUT2D eigenvalue weighted by atomic mass is 31.2. The van der Waals surface area contributed by atoms with Gasteiger partial charge in [0.05, 0.1) is 26.4 Å². The predicted octanol–water partition coefficient (Wildman–Crippen LogP) is 20.5. The van der Waals surface area contributed by atoms with Crippen LogP contribution in [0.3, 0.4) is 0 Å². The van der Waals surface area contributed by atoms with Gasteiger partial charge in [0.25, 0.3) is 0 Å². The molecule has 0 bridgehead atoms. The number of rotatable bonds is 69. The van der Waals surface area contributed by atoms with E-state index in [1.165, 1.54) is 148 Å². The van der Waals surface area contributed by atoms with Gasteiger partial charge in [-0.1, -0.05) is 306 Å². The van der Waals surface area contributed by atoms with Crippen LogP contribution in [-0.4, -0.2) is 96.7 Å². The second kappa shape index (κ2) is 61.6. The zero-order valence-corrected chi connectivity index (χ0v) is 61.3. The summed E-state index contributed by atoms with van der Waals surface area (Å²) in [5.41, 5.74) is 0. The summed E-state index contributed by atoms with van der Waals surface area (Å²) in [4.78, 5) is 72.6. The number of carbonyl (C=O) groups excluding carboxylic acids is 4. The Bertz CT molecular complexity index is 1800. The summed E-state index contributed by atoms with van der Waals surface area (Å²) in [5, 5.41) is 10.6. The lowest BCUT2D eigenvalue weighted by molar-refractivity contribution is -0.161. The fourth-order valence-corrected chi connectivity index (χ4v) is 12.4. The van der Waals surface area contributed by atoms with E-state index >= 15 is 0 Å². The largest absolute Gasteiger partial charge is 0.472 e. The molecule has 4 unspecified atom stereocenters. The third-order valence-electron chi connectivity index (χ3n) is 16.9. The molecule has 0 aliphatic rings. The van der Waals surface area contributed by atoms with E-state index in [0.717, 1.165) is 115 Å². The van der Waals surface area contributed by atoms with E-state index in [-0.39, 0.29) is 25.7 Å². The first kappa shape index (κ1) is 89.1. The van der Waals surface area contributed by atoms with E-state index in [4.69, 9.17) is 37.0 Å². The van der Waals surface area contributed by atoms with Crippen molar-refractivity contribution in [3.8, 4) is 0 Å². The van der Waals surface area contributed by atoms with Crippen molar-refractivity contribution in [3.05, 3.63) is 0 Å². The summed E-state index contributed by atoms with van der Waals surface area (Å²) in [5.74, 6) is 0.880. The van der Waals surface area contributed by atoms with Gasteiger partial charge in [0.2, 0.25) is 0 Å². The number of aliphatic hydroxyl groups is 1. The number of unbranched alkanes of at least 4 members (excludes halogenated alkanes) is 34. The van der Waals surface area contributed by atoms with E-state index in [1.54, 1.807) is 0 Å². The lowest BCUT2D eigenvalue weighted by Crippen LogP contribution is -2.30. The molecule has 0 rings (SSSR count). The third kappa shape index (κ3) is 65.1. The Hall–Kier alpha value is -1.94. The highest BCUT2D eigenvalue weighted by molar-refractivity contribution is 7.47. The van der Waals surface area contributed by atoms with Crippen LogP contribution in [0, 0.1) is 23.7 Å².